The molecule has 150 valence electrons. The summed E-state index contributed by atoms with van der Waals surface area (Å²) < 4.78 is 5.40. The first-order chi connectivity index (χ1) is 13.2. The van der Waals surface area contributed by atoms with Gasteiger partial charge in [0.2, 0.25) is 5.91 Å². The number of aliphatic imine (C=N–C) groups is 1. The predicted octanol–water partition coefficient (Wildman–Crippen LogP) is 0.969. The quantitative estimate of drug-likeness (QED) is 0.443. The Balaban J connectivity index is 1.68. The maximum absolute atomic E-state index is 12.0. The molecule has 3 N–H and O–H groups in total. The fourth-order valence-electron chi connectivity index (χ4n) is 2.88. The number of carbonyl (C=O) groups is 1. The summed E-state index contributed by atoms with van der Waals surface area (Å²) in [6.45, 7) is 10.4. The van der Waals surface area contributed by atoms with Gasteiger partial charge in [0.1, 0.15) is 0 Å². The molecule has 1 saturated heterocycles. The van der Waals surface area contributed by atoms with Gasteiger partial charge in [-0.3, -0.25) is 14.7 Å². The molecule has 0 radical (unpaired) electrons. The van der Waals surface area contributed by atoms with E-state index in [0.717, 1.165) is 50.9 Å². The minimum absolute atomic E-state index is 0.0314. The average Bonchev–Trinajstić information content (AvgIpc) is 2.71. The maximum atomic E-state index is 12.0. The van der Waals surface area contributed by atoms with Gasteiger partial charge in [-0.1, -0.05) is 30.3 Å². The van der Waals surface area contributed by atoms with Gasteiger partial charge in [0.05, 0.1) is 19.8 Å². The fourth-order valence-corrected chi connectivity index (χ4v) is 2.88. The van der Waals surface area contributed by atoms with Crippen LogP contribution < -0.4 is 16.0 Å². The van der Waals surface area contributed by atoms with Crippen molar-refractivity contribution < 1.29 is 9.53 Å². The number of hydrogen-bond acceptors (Lipinski definition) is 4. The van der Waals surface area contributed by atoms with Crippen molar-refractivity contribution >= 4 is 11.9 Å². The molecule has 1 aliphatic heterocycles. The zero-order chi connectivity index (χ0) is 19.3. The number of guanidine groups is 1. The number of ether oxygens (including phenoxy) is 1. The Morgan fingerprint density at radius 2 is 1.93 bits per heavy atom. The van der Waals surface area contributed by atoms with Crippen LogP contribution in [0.25, 0.3) is 0 Å². The number of nitrogens with one attached hydrogen (secondary N) is 3. The molecular formula is C20H33N5O2. The van der Waals surface area contributed by atoms with Crippen LogP contribution in [-0.4, -0.2) is 68.7 Å². The van der Waals surface area contributed by atoms with Crippen molar-refractivity contribution in [3.05, 3.63) is 35.9 Å². The van der Waals surface area contributed by atoms with Gasteiger partial charge in [0, 0.05) is 45.2 Å². The van der Waals surface area contributed by atoms with Gasteiger partial charge >= 0.3 is 0 Å². The molecule has 0 aromatic heterocycles. The molecule has 1 unspecified atom stereocenters. The number of rotatable bonds is 9. The summed E-state index contributed by atoms with van der Waals surface area (Å²) in [5, 5.41) is 9.42. The number of morpholine rings is 1. The lowest BCUT2D eigenvalue weighted by molar-refractivity contribution is -0.121. The molecule has 0 bridgehead atoms. The van der Waals surface area contributed by atoms with Crippen molar-refractivity contribution in [3.63, 3.8) is 0 Å². The summed E-state index contributed by atoms with van der Waals surface area (Å²) in [5.74, 6) is 0.789. The summed E-state index contributed by atoms with van der Waals surface area (Å²) >= 11 is 0. The molecule has 2 rings (SSSR count). The van der Waals surface area contributed by atoms with Crippen LogP contribution in [0.1, 0.15) is 25.8 Å². The number of amides is 1. The van der Waals surface area contributed by atoms with Crippen LogP contribution in [-0.2, 0) is 16.1 Å². The second-order valence-electron chi connectivity index (χ2n) is 6.66. The monoisotopic (exact) mass is 375 g/mol. The molecule has 1 atom stereocenters. The van der Waals surface area contributed by atoms with E-state index in [2.05, 4.69) is 32.8 Å². The van der Waals surface area contributed by atoms with Crippen molar-refractivity contribution in [3.8, 4) is 0 Å². The van der Waals surface area contributed by atoms with Crippen LogP contribution in [0.3, 0.4) is 0 Å². The SMILES string of the molecule is CCNC(=NCC(C)N1CCOCC1)NCCC(=O)NCc1ccccc1. The lowest BCUT2D eigenvalue weighted by atomic mass is 10.2. The largest absolute Gasteiger partial charge is 0.379 e. The third-order valence-corrected chi connectivity index (χ3v) is 4.50. The van der Waals surface area contributed by atoms with Crippen LogP contribution in [0.5, 0.6) is 0 Å². The first-order valence-electron chi connectivity index (χ1n) is 9.83. The fraction of sp³-hybridized carbons (Fsp3) is 0.600. The highest BCUT2D eigenvalue weighted by Gasteiger charge is 2.16. The number of carbonyl (C=O) groups excluding carboxylic acids is 1. The Hall–Kier alpha value is -2.12. The summed E-state index contributed by atoms with van der Waals surface area (Å²) in [6.07, 6.45) is 0.413. The van der Waals surface area contributed by atoms with Gasteiger partial charge in [-0.05, 0) is 19.4 Å². The third kappa shape index (κ3) is 8.41. The minimum Gasteiger partial charge on any atom is -0.379 e. The van der Waals surface area contributed by atoms with Crippen molar-refractivity contribution in [2.24, 2.45) is 4.99 Å². The van der Waals surface area contributed by atoms with E-state index in [4.69, 9.17) is 4.74 Å². The smallest absolute Gasteiger partial charge is 0.222 e. The van der Waals surface area contributed by atoms with Crippen molar-refractivity contribution in [1.29, 1.82) is 0 Å². The molecule has 27 heavy (non-hydrogen) atoms. The Morgan fingerprint density at radius 3 is 2.63 bits per heavy atom. The van der Waals surface area contributed by atoms with E-state index in [-0.39, 0.29) is 5.91 Å². The van der Waals surface area contributed by atoms with Gasteiger partial charge in [-0.25, -0.2) is 0 Å². The van der Waals surface area contributed by atoms with Gasteiger partial charge in [0.15, 0.2) is 5.96 Å². The van der Waals surface area contributed by atoms with E-state index in [1.54, 1.807) is 0 Å². The van der Waals surface area contributed by atoms with Gasteiger partial charge in [-0.2, -0.15) is 0 Å². The molecule has 0 saturated carbocycles. The normalized spacial score (nSPS) is 16.6. The summed E-state index contributed by atoms with van der Waals surface area (Å²) in [5.41, 5.74) is 1.10. The Bertz CT molecular complexity index is 573. The number of hydrogen-bond donors (Lipinski definition) is 3. The average molecular weight is 376 g/mol. The zero-order valence-corrected chi connectivity index (χ0v) is 16.5. The Kier molecular flexibility index (Phi) is 9.65. The molecule has 7 nitrogen and oxygen atoms in total. The molecule has 0 aliphatic carbocycles. The second kappa shape index (κ2) is 12.3. The first-order valence-corrected chi connectivity index (χ1v) is 9.83. The molecule has 0 spiro atoms. The van der Waals surface area contributed by atoms with Crippen LogP contribution in [0.15, 0.2) is 35.3 Å². The van der Waals surface area contributed by atoms with Gasteiger partial charge in [0.25, 0.3) is 0 Å². The second-order valence-corrected chi connectivity index (χ2v) is 6.66. The number of nitrogens with zero attached hydrogens (tertiary/aromatic N) is 2. The molecule has 1 aromatic carbocycles. The Labute approximate surface area is 162 Å². The topological polar surface area (TPSA) is 78.0 Å². The standard InChI is InChI=1S/C20H33N5O2/c1-3-21-20(24-15-17(2)25-11-13-27-14-12-25)22-10-9-19(26)23-16-18-7-5-4-6-8-18/h4-8,17H,3,9-16H2,1-2H3,(H,23,26)(H2,21,22,24). The highest BCUT2D eigenvalue weighted by molar-refractivity contribution is 5.81. The lowest BCUT2D eigenvalue weighted by Crippen LogP contribution is -2.44. The highest BCUT2D eigenvalue weighted by atomic mass is 16.5. The molecule has 1 heterocycles. The molecule has 1 aliphatic rings. The minimum atomic E-state index is 0.0314. The van der Waals surface area contributed by atoms with E-state index in [1.807, 2.05) is 37.3 Å². The zero-order valence-electron chi connectivity index (χ0n) is 16.5. The molecular weight excluding hydrogens is 342 g/mol. The van der Waals surface area contributed by atoms with Crippen LogP contribution in [0.2, 0.25) is 0 Å². The Morgan fingerprint density at radius 1 is 1.19 bits per heavy atom. The molecule has 1 fully saturated rings. The molecule has 7 heteroatoms. The number of benzene rings is 1. The molecule has 1 amide bonds. The first kappa shape index (κ1) is 21.2. The van der Waals surface area contributed by atoms with Gasteiger partial charge < -0.3 is 20.7 Å². The van der Waals surface area contributed by atoms with E-state index in [1.165, 1.54) is 0 Å². The van der Waals surface area contributed by atoms with Crippen molar-refractivity contribution in [2.75, 3.05) is 45.9 Å². The van der Waals surface area contributed by atoms with Crippen molar-refractivity contribution in [2.45, 2.75) is 32.9 Å². The summed E-state index contributed by atoms with van der Waals surface area (Å²) in [4.78, 5) is 19.1. The molecule has 1 aromatic rings. The van der Waals surface area contributed by atoms with Crippen LogP contribution >= 0.6 is 0 Å². The van der Waals surface area contributed by atoms with E-state index in [0.29, 0.717) is 25.6 Å². The maximum Gasteiger partial charge on any atom is 0.222 e. The summed E-state index contributed by atoms with van der Waals surface area (Å²) in [6, 6.07) is 10.3. The predicted molar refractivity (Wildman–Crippen MR) is 109 cm³/mol. The van der Waals surface area contributed by atoms with E-state index in [9.17, 15) is 4.79 Å². The van der Waals surface area contributed by atoms with Crippen LogP contribution in [0.4, 0.5) is 0 Å². The van der Waals surface area contributed by atoms with Gasteiger partial charge in [-0.15, -0.1) is 0 Å². The lowest BCUT2D eigenvalue weighted by Gasteiger charge is -2.31. The van der Waals surface area contributed by atoms with E-state index < -0.39 is 0 Å². The third-order valence-electron chi connectivity index (χ3n) is 4.50. The van der Waals surface area contributed by atoms with E-state index >= 15 is 0 Å². The van der Waals surface area contributed by atoms with Crippen molar-refractivity contribution in [1.82, 2.24) is 20.9 Å². The highest BCUT2D eigenvalue weighted by Crippen LogP contribution is 2.03. The van der Waals surface area contributed by atoms with Crippen LogP contribution in [0, 0.1) is 0 Å². The summed E-state index contributed by atoms with van der Waals surface area (Å²) in [7, 11) is 0.